The molecule has 2 aliphatic heterocycles. The van der Waals surface area contributed by atoms with Gasteiger partial charge in [0.05, 0.1) is 12.1 Å². The summed E-state index contributed by atoms with van der Waals surface area (Å²) in [6.07, 6.45) is 3.47. The van der Waals surface area contributed by atoms with E-state index < -0.39 is 23.8 Å². The van der Waals surface area contributed by atoms with E-state index >= 15 is 0 Å². The molecule has 2 fully saturated rings. The molecule has 2 amide bonds. The van der Waals surface area contributed by atoms with Gasteiger partial charge in [0, 0.05) is 38.5 Å². The molecule has 9 heteroatoms. The topological polar surface area (TPSA) is 81.7 Å². The van der Waals surface area contributed by atoms with Crippen molar-refractivity contribution < 1.29 is 23.5 Å². The normalized spacial score (nSPS) is 23.0. The molecule has 4 atom stereocenters. The van der Waals surface area contributed by atoms with E-state index in [-0.39, 0.29) is 42.6 Å². The highest BCUT2D eigenvalue weighted by molar-refractivity contribution is 5.85. The van der Waals surface area contributed by atoms with Crippen molar-refractivity contribution >= 4 is 24.2 Å². The van der Waals surface area contributed by atoms with Crippen LogP contribution in [0.4, 0.5) is 8.78 Å². The van der Waals surface area contributed by atoms with Crippen LogP contribution in [0.1, 0.15) is 44.6 Å². The summed E-state index contributed by atoms with van der Waals surface area (Å²) in [6, 6.07) is 2.19. The Balaban J connectivity index is 0.00000341. The Bertz CT molecular complexity index is 741. The highest BCUT2D eigenvalue weighted by atomic mass is 35.5. The predicted octanol–water partition coefficient (Wildman–Crippen LogP) is 2.18. The van der Waals surface area contributed by atoms with Crippen LogP contribution in [0.3, 0.4) is 0 Å². The molecule has 1 aromatic rings. The van der Waals surface area contributed by atoms with Crippen LogP contribution in [-0.2, 0) is 16.0 Å². The van der Waals surface area contributed by atoms with E-state index in [0.29, 0.717) is 24.9 Å². The second-order valence-electron chi connectivity index (χ2n) is 8.54. The van der Waals surface area contributed by atoms with Gasteiger partial charge in [-0.25, -0.2) is 8.78 Å². The van der Waals surface area contributed by atoms with Gasteiger partial charge < -0.3 is 20.6 Å². The van der Waals surface area contributed by atoms with Crippen molar-refractivity contribution in [2.75, 3.05) is 19.6 Å². The maximum absolute atomic E-state index is 13.5. The second-order valence-corrected chi connectivity index (χ2v) is 8.54. The van der Waals surface area contributed by atoms with Crippen molar-refractivity contribution in [1.82, 2.24) is 15.5 Å². The average Bonchev–Trinajstić information content (AvgIpc) is 3.15. The number of nitrogens with one attached hydrogen (secondary N) is 2. The lowest BCUT2D eigenvalue weighted by Crippen LogP contribution is -2.51. The van der Waals surface area contributed by atoms with Gasteiger partial charge in [-0.15, -0.1) is 12.4 Å². The average molecular weight is 460 g/mol. The minimum absolute atomic E-state index is 0. The third-order valence-electron chi connectivity index (χ3n) is 6.02. The smallest absolute Gasteiger partial charge is 0.222 e. The first kappa shape index (κ1) is 25.5. The molecule has 0 aliphatic carbocycles. The van der Waals surface area contributed by atoms with Crippen molar-refractivity contribution in [3.8, 4) is 0 Å². The van der Waals surface area contributed by atoms with Crippen molar-refractivity contribution in [3.63, 3.8) is 0 Å². The Labute approximate surface area is 188 Å². The zero-order valence-electron chi connectivity index (χ0n) is 17.8. The number of carbonyl (C=O) groups is 2. The Morgan fingerprint density at radius 1 is 1.19 bits per heavy atom. The van der Waals surface area contributed by atoms with Gasteiger partial charge in [-0.2, -0.15) is 0 Å². The number of aliphatic hydroxyl groups excluding tert-OH is 1. The first-order valence-corrected chi connectivity index (χ1v) is 10.7. The summed E-state index contributed by atoms with van der Waals surface area (Å²) < 4.78 is 27.1. The van der Waals surface area contributed by atoms with Gasteiger partial charge in [-0.05, 0) is 62.3 Å². The number of rotatable bonds is 7. The van der Waals surface area contributed by atoms with Crippen molar-refractivity contribution in [3.05, 3.63) is 35.4 Å². The Morgan fingerprint density at radius 2 is 1.84 bits per heavy atom. The maximum Gasteiger partial charge on any atom is 0.222 e. The summed E-state index contributed by atoms with van der Waals surface area (Å²) in [5.41, 5.74) is 0.361. The van der Waals surface area contributed by atoms with Crippen molar-refractivity contribution in [2.45, 2.75) is 63.6 Å². The Morgan fingerprint density at radius 3 is 2.45 bits per heavy atom. The fraction of sp³-hybridized carbons (Fsp3) is 0.636. The monoisotopic (exact) mass is 459 g/mol. The minimum Gasteiger partial charge on any atom is -0.389 e. The summed E-state index contributed by atoms with van der Waals surface area (Å²) in [4.78, 5) is 26.1. The fourth-order valence-corrected chi connectivity index (χ4v) is 4.56. The van der Waals surface area contributed by atoms with Crippen LogP contribution >= 0.6 is 12.4 Å². The largest absolute Gasteiger partial charge is 0.389 e. The first-order chi connectivity index (χ1) is 14.3. The van der Waals surface area contributed by atoms with Crippen LogP contribution in [-0.4, -0.2) is 59.6 Å². The molecule has 6 nitrogen and oxygen atoms in total. The highest BCUT2D eigenvalue weighted by Gasteiger charge is 2.35. The number of nitrogens with zero attached hydrogens (tertiary/aromatic N) is 1. The van der Waals surface area contributed by atoms with Crippen molar-refractivity contribution in [1.29, 1.82) is 0 Å². The van der Waals surface area contributed by atoms with Crippen LogP contribution in [0.2, 0.25) is 0 Å². The molecule has 174 valence electrons. The summed E-state index contributed by atoms with van der Waals surface area (Å²) in [5, 5.41) is 16.9. The fourth-order valence-electron chi connectivity index (χ4n) is 4.56. The zero-order valence-corrected chi connectivity index (χ0v) is 18.6. The number of piperidine rings is 1. The molecule has 31 heavy (non-hydrogen) atoms. The third kappa shape index (κ3) is 7.40. The number of carbonyl (C=O) groups excluding carboxylic acids is 2. The number of likely N-dealkylation sites (tertiary alicyclic amines) is 1. The molecule has 1 aromatic carbocycles. The number of aliphatic hydroxyl groups is 1. The molecule has 3 rings (SSSR count). The lowest BCUT2D eigenvalue weighted by atomic mass is 9.92. The van der Waals surface area contributed by atoms with Gasteiger partial charge >= 0.3 is 0 Å². The molecule has 2 aliphatic rings. The number of halogens is 3. The molecular weight excluding hydrogens is 428 g/mol. The predicted molar refractivity (Wildman–Crippen MR) is 116 cm³/mol. The van der Waals surface area contributed by atoms with Crippen molar-refractivity contribution in [2.24, 2.45) is 5.92 Å². The lowest BCUT2D eigenvalue weighted by Gasteiger charge is -2.29. The van der Waals surface area contributed by atoms with E-state index in [4.69, 9.17) is 0 Å². The molecule has 2 heterocycles. The minimum atomic E-state index is -0.949. The first-order valence-electron chi connectivity index (χ1n) is 10.7. The van der Waals surface area contributed by atoms with Gasteiger partial charge in [-0.3, -0.25) is 9.59 Å². The molecule has 2 saturated heterocycles. The van der Waals surface area contributed by atoms with Crippen LogP contribution in [0.25, 0.3) is 0 Å². The second kappa shape index (κ2) is 11.7. The Hall–Kier alpha value is -1.77. The SMILES string of the molecule is CC(=O)N[C@@H](Cc1cc(F)cc(F)c1)[C@H](O)[C@H]1C[C@H](CC(=O)N2CCCCC2)CN1.Cl. The summed E-state index contributed by atoms with van der Waals surface area (Å²) in [6.45, 7) is 3.59. The number of benzene rings is 1. The summed E-state index contributed by atoms with van der Waals surface area (Å²) >= 11 is 0. The quantitative estimate of drug-likeness (QED) is 0.583. The summed E-state index contributed by atoms with van der Waals surface area (Å²) in [7, 11) is 0. The molecule has 0 aromatic heterocycles. The van der Waals surface area contributed by atoms with Gasteiger partial charge in [0.1, 0.15) is 11.6 Å². The Kier molecular flexibility index (Phi) is 9.65. The standard InChI is InChI=1S/C22H31F2N3O3.ClH/c1-14(28)26-20(9-15-7-17(23)12-18(24)8-15)22(30)19-10-16(13-25-19)11-21(29)27-5-3-2-4-6-27;/h7-8,12,16,19-20,22,25,30H,2-6,9-11,13H2,1H3,(H,26,28);1H/t16-,19-,20+,22-;/m1./s1. The van der Waals surface area contributed by atoms with Crippen LogP contribution in [0.5, 0.6) is 0 Å². The lowest BCUT2D eigenvalue weighted by molar-refractivity contribution is -0.133. The molecule has 0 bridgehead atoms. The summed E-state index contributed by atoms with van der Waals surface area (Å²) in [5.74, 6) is -1.45. The molecule has 0 radical (unpaired) electrons. The van der Waals surface area contributed by atoms with E-state index in [1.54, 1.807) is 0 Å². The van der Waals surface area contributed by atoms with E-state index in [1.807, 2.05) is 4.90 Å². The third-order valence-corrected chi connectivity index (χ3v) is 6.02. The highest BCUT2D eigenvalue weighted by Crippen LogP contribution is 2.24. The molecule has 3 N–H and O–H groups in total. The van der Waals surface area contributed by atoms with E-state index in [9.17, 15) is 23.5 Å². The van der Waals surface area contributed by atoms with Gasteiger partial charge in [0.25, 0.3) is 0 Å². The van der Waals surface area contributed by atoms with Crippen LogP contribution in [0, 0.1) is 17.6 Å². The number of hydrogen-bond donors (Lipinski definition) is 3. The van der Waals surface area contributed by atoms with Gasteiger partial charge in [-0.1, -0.05) is 0 Å². The maximum atomic E-state index is 13.5. The number of amides is 2. The molecule has 0 unspecified atom stereocenters. The van der Waals surface area contributed by atoms with E-state index in [2.05, 4.69) is 10.6 Å². The van der Waals surface area contributed by atoms with E-state index in [0.717, 1.165) is 32.0 Å². The van der Waals surface area contributed by atoms with Crippen LogP contribution < -0.4 is 10.6 Å². The van der Waals surface area contributed by atoms with E-state index in [1.165, 1.54) is 25.5 Å². The molecule has 0 saturated carbocycles. The number of hydrogen-bond acceptors (Lipinski definition) is 4. The van der Waals surface area contributed by atoms with Crippen LogP contribution in [0.15, 0.2) is 18.2 Å². The van der Waals surface area contributed by atoms with Gasteiger partial charge in [0.2, 0.25) is 11.8 Å². The zero-order chi connectivity index (χ0) is 21.7. The molecule has 0 spiro atoms. The van der Waals surface area contributed by atoms with Gasteiger partial charge in [0.15, 0.2) is 0 Å². The molecular formula is C22H32ClF2N3O3.